The van der Waals surface area contributed by atoms with Crippen LogP contribution in [0.2, 0.25) is 0 Å². The van der Waals surface area contributed by atoms with Gasteiger partial charge in [0.05, 0.1) is 11.1 Å². The number of nitrogens with one attached hydrogen (secondary N) is 1. The van der Waals surface area contributed by atoms with Crippen LogP contribution in [0.4, 0.5) is 13.8 Å². The van der Waals surface area contributed by atoms with Crippen molar-refractivity contribution in [3.05, 3.63) is 45.8 Å². The van der Waals surface area contributed by atoms with Crippen LogP contribution in [0.15, 0.2) is 24.3 Å². The minimum absolute atomic E-state index is 0.0389. The van der Waals surface area contributed by atoms with Gasteiger partial charge < -0.3 is 15.8 Å². The summed E-state index contributed by atoms with van der Waals surface area (Å²) in [5, 5.41) is 3.00. The van der Waals surface area contributed by atoms with E-state index in [4.69, 9.17) is 5.73 Å². The number of thiophene rings is 1. The van der Waals surface area contributed by atoms with Crippen LogP contribution in [0.25, 0.3) is 0 Å². The van der Waals surface area contributed by atoms with Gasteiger partial charge in [-0.15, -0.1) is 11.3 Å². The number of nitrogens with two attached hydrogens (primary N) is 1. The van der Waals surface area contributed by atoms with Crippen molar-refractivity contribution in [1.29, 1.82) is 0 Å². The van der Waals surface area contributed by atoms with E-state index >= 15 is 0 Å². The Labute approximate surface area is 153 Å². The molecule has 8 heteroatoms. The Morgan fingerprint density at radius 2 is 2.08 bits per heavy atom. The predicted molar refractivity (Wildman–Crippen MR) is 95.1 cm³/mol. The molecule has 26 heavy (non-hydrogen) atoms. The van der Waals surface area contributed by atoms with Crippen LogP contribution in [-0.4, -0.2) is 18.4 Å². The summed E-state index contributed by atoms with van der Waals surface area (Å²) in [6.45, 7) is -0.913. The van der Waals surface area contributed by atoms with Gasteiger partial charge in [0.15, 0.2) is 0 Å². The number of halogens is 2. The van der Waals surface area contributed by atoms with Gasteiger partial charge in [-0.1, -0.05) is 19.1 Å². The Morgan fingerprint density at radius 3 is 2.77 bits per heavy atom. The Morgan fingerprint density at radius 1 is 1.35 bits per heavy atom. The normalized spacial score (nSPS) is 16.2. The van der Waals surface area contributed by atoms with E-state index in [1.54, 1.807) is 6.07 Å². The highest BCUT2D eigenvalue weighted by Gasteiger charge is 2.28. The topological polar surface area (TPSA) is 81.4 Å². The smallest absolute Gasteiger partial charge is 0.387 e. The second-order valence-electron chi connectivity index (χ2n) is 6.25. The van der Waals surface area contributed by atoms with Gasteiger partial charge >= 0.3 is 6.61 Å². The van der Waals surface area contributed by atoms with Gasteiger partial charge in [0.2, 0.25) is 0 Å². The molecule has 5 nitrogen and oxygen atoms in total. The fourth-order valence-corrected chi connectivity index (χ4v) is 4.53. The Hall–Kier alpha value is -2.48. The van der Waals surface area contributed by atoms with Crippen LogP contribution in [0.1, 0.15) is 44.5 Å². The summed E-state index contributed by atoms with van der Waals surface area (Å²) in [7, 11) is 0. The number of alkyl halides is 2. The molecule has 1 unspecified atom stereocenters. The zero-order valence-electron chi connectivity index (χ0n) is 14.1. The zero-order valence-corrected chi connectivity index (χ0v) is 14.9. The molecule has 1 aliphatic carbocycles. The molecular formula is C18H18F2N2O3S. The third-order valence-electron chi connectivity index (χ3n) is 4.33. The molecule has 1 aromatic heterocycles. The van der Waals surface area contributed by atoms with Crippen LogP contribution in [0.5, 0.6) is 5.75 Å². The van der Waals surface area contributed by atoms with Crippen molar-refractivity contribution < 1.29 is 23.1 Å². The summed E-state index contributed by atoms with van der Waals surface area (Å²) in [4.78, 5) is 25.5. The summed E-state index contributed by atoms with van der Waals surface area (Å²) in [6.07, 6.45) is 2.50. The number of carbonyl (C=O) groups is 2. The van der Waals surface area contributed by atoms with Gasteiger partial charge in [-0.25, -0.2) is 0 Å². The van der Waals surface area contributed by atoms with Gasteiger partial charge in [0.25, 0.3) is 11.8 Å². The molecule has 2 amide bonds. The molecule has 3 N–H and O–H groups in total. The van der Waals surface area contributed by atoms with Crippen molar-refractivity contribution in [3.8, 4) is 5.75 Å². The number of fused-ring (bicyclic) bond motifs is 1. The standard InChI is InChI=1S/C18H18F2N2O3S/c1-9-6-7-11-13(8-9)26-17(14(11)15(21)23)22-16(24)10-4-2-3-5-12(10)25-18(19)20/h2-5,9,18H,6-8H2,1H3,(H2,21,23)(H,22,24). The number of hydrogen-bond acceptors (Lipinski definition) is 4. The molecule has 2 aromatic rings. The number of primary amides is 1. The number of carbonyl (C=O) groups excluding carboxylic acids is 2. The first-order valence-electron chi connectivity index (χ1n) is 8.16. The van der Waals surface area contributed by atoms with Crippen molar-refractivity contribution in [1.82, 2.24) is 0 Å². The first kappa shape index (κ1) is 18.3. The largest absolute Gasteiger partial charge is 0.434 e. The molecule has 1 atom stereocenters. The van der Waals surface area contributed by atoms with Crippen molar-refractivity contribution in [2.24, 2.45) is 11.7 Å². The molecule has 1 heterocycles. The first-order valence-corrected chi connectivity index (χ1v) is 8.98. The van der Waals surface area contributed by atoms with Crippen molar-refractivity contribution >= 4 is 28.2 Å². The van der Waals surface area contributed by atoms with E-state index in [0.29, 0.717) is 16.5 Å². The monoisotopic (exact) mass is 380 g/mol. The highest BCUT2D eigenvalue weighted by atomic mass is 32.1. The van der Waals surface area contributed by atoms with Gasteiger partial charge in [-0.2, -0.15) is 8.78 Å². The molecule has 0 spiro atoms. The molecular weight excluding hydrogens is 362 g/mol. The molecule has 0 bridgehead atoms. The molecule has 138 valence electrons. The summed E-state index contributed by atoms with van der Waals surface area (Å²) in [5.74, 6) is -0.971. The summed E-state index contributed by atoms with van der Waals surface area (Å²) < 4.78 is 29.5. The van der Waals surface area contributed by atoms with E-state index in [2.05, 4.69) is 17.0 Å². The number of ether oxygens (including phenoxy) is 1. The van der Waals surface area contributed by atoms with E-state index in [9.17, 15) is 18.4 Å². The van der Waals surface area contributed by atoms with Crippen LogP contribution in [-0.2, 0) is 12.8 Å². The maximum atomic E-state index is 12.6. The van der Waals surface area contributed by atoms with E-state index in [-0.39, 0.29) is 11.3 Å². The SMILES string of the molecule is CC1CCc2c(sc(NC(=O)c3ccccc3OC(F)F)c2C(N)=O)C1. The van der Waals surface area contributed by atoms with E-state index in [1.165, 1.54) is 29.5 Å². The Kier molecular flexibility index (Phi) is 5.22. The van der Waals surface area contributed by atoms with Gasteiger partial charge in [-0.05, 0) is 42.9 Å². The number of rotatable bonds is 5. The summed E-state index contributed by atoms with van der Waals surface area (Å²) >= 11 is 1.32. The quantitative estimate of drug-likeness (QED) is 0.827. The number of anilines is 1. The number of amides is 2. The van der Waals surface area contributed by atoms with Crippen molar-refractivity contribution in [3.63, 3.8) is 0 Å². The maximum Gasteiger partial charge on any atom is 0.387 e. The lowest BCUT2D eigenvalue weighted by atomic mass is 9.88. The second kappa shape index (κ2) is 7.41. The highest BCUT2D eigenvalue weighted by molar-refractivity contribution is 7.17. The van der Waals surface area contributed by atoms with Crippen molar-refractivity contribution in [2.75, 3.05) is 5.32 Å². The fraction of sp³-hybridized carbons (Fsp3) is 0.333. The zero-order chi connectivity index (χ0) is 18.8. The first-order chi connectivity index (χ1) is 12.4. The number of benzene rings is 1. The maximum absolute atomic E-state index is 12.6. The van der Waals surface area contributed by atoms with Gasteiger partial charge in [-0.3, -0.25) is 9.59 Å². The average Bonchev–Trinajstić information content (AvgIpc) is 2.91. The lowest BCUT2D eigenvalue weighted by Gasteiger charge is -2.18. The molecule has 3 rings (SSSR count). The summed E-state index contributed by atoms with van der Waals surface area (Å²) in [6, 6.07) is 5.71. The molecule has 1 aliphatic rings. The van der Waals surface area contributed by atoms with Gasteiger partial charge in [0.1, 0.15) is 10.8 Å². The third kappa shape index (κ3) is 3.70. The molecule has 0 fully saturated rings. The average molecular weight is 380 g/mol. The highest BCUT2D eigenvalue weighted by Crippen LogP contribution is 2.39. The fourth-order valence-electron chi connectivity index (χ4n) is 3.12. The Balaban J connectivity index is 1.92. The minimum atomic E-state index is -3.04. The third-order valence-corrected chi connectivity index (χ3v) is 5.50. The molecule has 0 saturated carbocycles. The minimum Gasteiger partial charge on any atom is -0.434 e. The number of hydrogen-bond donors (Lipinski definition) is 2. The molecule has 0 radical (unpaired) electrons. The Bertz CT molecular complexity index is 851. The van der Waals surface area contributed by atoms with E-state index < -0.39 is 18.4 Å². The lowest BCUT2D eigenvalue weighted by Crippen LogP contribution is -2.20. The summed E-state index contributed by atoms with van der Waals surface area (Å²) in [5.41, 5.74) is 6.68. The van der Waals surface area contributed by atoms with E-state index in [0.717, 1.165) is 29.7 Å². The van der Waals surface area contributed by atoms with Crippen LogP contribution < -0.4 is 15.8 Å². The number of para-hydroxylation sites is 1. The van der Waals surface area contributed by atoms with Gasteiger partial charge in [0, 0.05) is 4.88 Å². The molecule has 1 aromatic carbocycles. The lowest BCUT2D eigenvalue weighted by molar-refractivity contribution is -0.0501. The van der Waals surface area contributed by atoms with Crippen LogP contribution in [0, 0.1) is 5.92 Å². The molecule has 0 aliphatic heterocycles. The van der Waals surface area contributed by atoms with Crippen molar-refractivity contribution in [2.45, 2.75) is 32.8 Å². The van der Waals surface area contributed by atoms with Crippen LogP contribution in [0.3, 0.4) is 0 Å². The predicted octanol–water partition coefficient (Wildman–Crippen LogP) is 3.83. The van der Waals surface area contributed by atoms with Crippen LogP contribution >= 0.6 is 11.3 Å². The molecule has 0 saturated heterocycles. The van der Waals surface area contributed by atoms with E-state index in [1.807, 2.05) is 0 Å². The second-order valence-corrected chi connectivity index (χ2v) is 7.35.